The average Bonchev–Trinajstić information content (AvgIpc) is 3.24. The van der Waals surface area contributed by atoms with Crippen LogP contribution < -0.4 is 15.0 Å². The monoisotopic (exact) mass is 344 g/mol. The smallest absolute Gasteiger partial charge is 0.248 e. The van der Waals surface area contributed by atoms with Crippen LogP contribution in [0.4, 0.5) is 11.4 Å². The minimum atomic E-state index is -0.135. The van der Waals surface area contributed by atoms with Crippen molar-refractivity contribution in [2.75, 3.05) is 23.9 Å². The van der Waals surface area contributed by atoms with Crippen LogP contribution >= 0.6 is 0 Å². The van der Waals surface area contributed by atoms with Crippen molar-refractivity contribution in [1.82, 2.24) is 10.1 Å². The Morgan fingerprint density at radius 2 is 2.12 bits per heavy atom. The van der Waals surface area contributed by atoms with Gasteiger partial charge in [-0.3, -0.25) is 4.79 Å². The molecule has 1 aromatic heterocycles. The van der Waals surface area contributed by atoms with Gasteiger partial charge >= 0.3 is 0 Å². The molecule has 0 saturated carbocycles. The van der Waals surface area contributed by atoms with Crippen LogP contribution in [0.25, 0.3) is 0 Å². The molecular formula is C18H24N4O3. The number of benzene rings is 1. The van der Waals surface area contributed by atoms with E-state index in [0.717, 1.165) is 24.3 Å². The highest BCUT2D eigenvalue weighted by molar-refractivity contribution is 5.97. The lowest BCUT2D eigenvalue weighted by molar-refractivity contribution is -0.117. The summed E-state index contributed by atoms with van der Waals surface area (Å²) in [5.74, 6) is 2.27. The number of hydrogen-bond donors (Lipinski definition) is 1. The van der Waals surface area contributed by atoms with Crippen LogP contribution in [0, 0.1) is 0 Å². The number of methoxy groups -OCH3 is 1. The maximum atomic E-state index is 12.0. The average molecular weight is 344 g/mol. The van der Waals surface area contributed by atoms with Gasteiger partial charge in [0.1, 0.15) is 11.8 Å². The van der Waals surface area contributed by atoms with Gasteiger partial charge in [-0.2, -0.15) is 4.98 Å². The number of anilines is 2. The predicted molar refractivity (Wildman–Crippen MR) is 95.0 cm³/mol. The molecule has 7 nitrogen and oxygen atoms in total. The van der Waals surface area contributed by atoms with Gasteiger partial charge in [-0.15, -0.1) is 0 Å². The third kappa shape index (κ3) is 3.60. The zero-order chi connectivity index (χ0) is 18.0. The number of rotatable bonds is 6. The minimum Gasteiger partial charge on any atom is -0.494 e. The SMILES string of the molecule is COc1cc(N[C@@H](C)c2nc(C(C)C)no2)ccc1N1CCCC1=O. The lowest BCUT2D eigenvalue weighted by atomic mass is 10.2. The van der Waals surface area contributed by atoms with Crippen LogP contribution in [0.15, 0.2) is 22.7 Å². The number of amides is 1. The normalized spacial score (nSPS) is 15.7. The second kappa shape index (κ2) is 7.13. The van der Waals surface area contributed by atoms with Crippen molar-refractivity contribution < 1.29 is 14.1 Å². The van der Waals surface area contributed by atoms with Crippen molar-refractivity contribution in [2.24, 2.45) is 0 Å². The van der Waals surface area contributed by atoms with E-state index in [-0.39, 0.29) is 17.9 Å². The summed E-state index contributed by atoms with van der Waals surface area (Å²) in [5.41, 5.74) is 1.67. The summed E-state index contributed by atoms with van der Waals surface area (Å²) in [7, 11) is 1.61. The Labute approximate surface area is 147 Å². The van der Waals surface area contributed by atoms with E-state index in [0.29, 0.717) is 23.9 Å². The maximum absolute atomic E-state index is 12.0. The second-order valence-corrected chi connectivity index (χ2v) is 6.55. The van der Waals surface area contributed by atoms with Gasteiger partial charge in [-0.05, 0) is 25.5 Å². The van der Waals surface area contributed by atoms with E-state index in [2.05, 4.69) is 15.5 Å². The van der Waals surface area contributed by atoms with Crippen LogP contribution in [0.3, 0.4) is 0 Å². The van der Waals surface area contributed by atoms with E-state index in [9.17, 15) is 4.79 Å². The second-order valence-electron chi connectivity index (χ2n) is 6.55. The summed E-state index contributed by atoms with van der Waals surface area (Å²) in [6.45, 7) is 6.74. The number of carbonyl (C=O) groups excluding carboxylic acids is 1. The molecule has 0 aliphatic carbocycles. The van der Waals surface area contributed by atoms with Gasteiger partial charge in [-0.1, -0.05) is 19.0 Å². The molecule has 0 unspecified atom stereocenters. The van der Waals surface area contributed by atoms with Crippen molar-refractivity contribution in [1.29, 1.82) is 0 Å². The van der Waals surface area contributed by atoms with E-state index < -0.39 is 0 Å². The Bertz CT molecular complexity index is 757. The summed E-state index contributed by atoms with van der Waals surface area (Å²) in [4.78, 5) is 18.2. The van der Waals surface area contributed by atoms with Gasteiger partial charge in [0.15, 0.2) is 5.82 Å². The molecule has 0 radical (unpaired) electrons. The molecule has 1 atom stereocenters. The highest BCUT2D eigenvalue weighted by Crippen LogP contribution is 2.34. The van der Waals surface area contributed by atoms with Gasteiger partial charge in [0, 0.05) is 30.6 Å². The van der Waals surface area contributed by atoms with Crippen molar-refractivity contribution in [3.63, 3.8) is 0 Å². The van der Waals surface area contributed by atoms with E-state index in [4.69, 9.17) is 9.26 Å². The summed E-state index contributed by atoms with van der Waals surface area (Å²) >= 11 is 0. The molecule has 1 N–H and O–H groups in total. The van der Waals surface area contributed by atoms with Crippen LogP contribution in [-0.2, 0) is 4.79 Å². The standard InChI is InChI=1S/C18H24N4O3/c1-11(2)17-20-18(25-21-17)12(3)19-13-7-8-14(15(10-13)24-4)22-9-5-6-16(22)23/h7-8,10-12,19H,5-6,9H2,1-4H3/t12-/m0/s1. The van der Waals surface area contributed by atoms with E-state index in [1.165, 1.54) is 0 Å². The third-order valence-electron chi connectivity index (χ3n) is 4.27. The quantitative estimate of drug-likeness (QED) is 0.864. The Hall–Kier alpha value is -2.57. The highest BCUT2D eigenvalue weighted by atomic mass is 16.5. The first kappa shape index (κ1) is 17.3. The Balaban J connectivity index is 1.77. The first-order valence-corrected chi connectivity index (χ1v) is 8.58. The lowest BCUT2D eigenvalue weighted by Crippen LogP contribution is -2.24. The number of nitrogens with one attached hydrogen (secondary N) is 1. The minimum absolute atomic E-state index is 0.135. The van der Waals surface area contributed by atoms with Gasteiger partial charge in [-0.25, -0.2) is 0 Å². The molecular weight excluding hydrogens is 320 g/mol. The molecule has 2 heterocycles. The molecule has 7 heteroatoms. The first-order chi connectivity index (χ1) is 12.0. The number of ether oxygens (including phenoxy) is 1. The molecule has 0 bridgehead atoms. The van der Waals surface area contributed by atoms with Gasteiger partial charge in [0.2, 0.25) is 11.8 Å². The molecule has 25 heavy (non-hydrogen) atoms. The number of carbonyl (C=O) groups is 1. The summed E-state index contributed by atoms with van der Waals surface area (Å²) in [5, 5.41) is 7.33. The van der Waals surface area contributed by atoms with Crippen molar-refractivity contribution in [3.05, 3.63) is 29.9 Å². The van der Waals surface area contributed by atoms with E-state index in [1.54, 1.807) is 12.0 Å². The van der Waals surface area contributed by atoms with Crippen LogP contribution in [-0.4, -0.2) is 29.7 Å². The molecule has 134 valence electrons. The van der Waals surface area contributed by atoms with Gasteiger partial charge < -0.3 is 19.5 Å². The lowest BCUT2D eigenvalue weighted by Gasteiger charge is -2.20. The fourth-order valence-electron chi connectivity index (χ4n) is 2.86. The first-order valence-electron chi connectivity index (χ1n) is 8.58. The zero-order valence-electron chi connectivity index (χ0n) is 15.1. The van der Waals surface area contributed by atoms with Gasteiger partial charge in [0.25, 0.3) is 0 Å². The third-order valence-corrected chi connectivity index (χ3v) is 4.27. The van der Waals surface area contributed by atoms with Crippen molar-refractivity contribution in [2.45, 2.75) is 45.6 Å². The molecule has 1 amide bonds. The van der Waals surface area contributed by atoms with E-state index >= 15 is 0 Å². The summed E-state index contributed by atoms with van der Waals surface area (Å²) in [6, 6.07) is 5.59. The predicted octanol–water partition coefficient (Wildman–Crippen LogP) is 3.50. The molecule has 1 aliphatic heterocycles. The molecule has 3 rings (SSSR count). The summed E-state index contributed by atoms with van der Waals surface area (Å²) < 4.78 is 10.8. The fraction of sp³-hybridized carbons (Fsp3) is 0.500. The highest BCUT2D eigenvalue weighted by Gasteiger charge is 2.25. The number of hydrogen-bond acceptors (Lipinski definition) is 6. The molecule has 1 fully saturated rings. The molecule has 1 aromatic carbocycles. The largest absolute Gasteiger partial charge is 0.494 e. The van der Waals surface area contributed by atoms with Crippen LogP contribution in [0.2, 0.25) is 0 Å². The maximum Gasteiger partial charge on any atom is 0.248 e. The Morgan fingerprint density at radius 1 is 1.32 bits per heavy atom. The topological polar surface area (TPSA) is 80.5 Å². The van der Waals surface area contributed by atoms with Crippen LogP contribution in [0.1, 0.15) is 57.3 Å². The zero-order valence-corrected chi connectivity index (χ0v) is 15.1. The molecule has 0 spiro atoms. The Kier molecular flexibility index (Phi) is 4.92. The van der Waals surface area contributed by atoms with Crippen LogP contribution in [0.5, 0.6) is 5.75 Å². The van der Waals surface area contributed by atoms with Gasteiger partial charge in [0.05, 0.1) is 12.8 Å². The van der Waals surface area contributed by atoms with Crippen molar-refractivity contribution >= 4 is 17.3 Å². The molecule has 1 saturated heterocycles. The number of aromatic nitrogens is 2. The Morgan fingerprint density at radius 3 is 2.72 bits per heavy atom. The summed E-state index contributed by atoms with van der Waals surface area (Å²) in [6.07, 6.45) is 1.48. The fourth-order valence-corrected chi connectivity index (χ4v) is 2.86. The molecule has 1 aliphatic rings. The molecule has 2 aromatic rings. The number of nitrogens with zero attached hydrogens (tertiary/aromatic N) is 3. The van der Waals surface area contributed by atoms with E-state index in [1.807, 2.05) is 39.0 Å². The van der Waals surface area contributed by atoms with Crippen molar-refractivity contribution in [3.8, 4) is 5.75 Å².